The predicted molar refractivity (Wildman–Crippen MR) is 78.3 cm³/mol. The van der Waals surface area contributed by atoms with Crippen LogP contribution in [0.25, 0.3) is 0 Å². The number of pyridine rings is 1. The minimum absolute atomic E-state index is 0.350. The maximum atomic E-state index is 6.00. The molecule has 19 heavy (non-hydrogen) atoms. The number of hydrogen-bond donors (Lipinski definition) is 1. The molecule has 106 valence electrons. The van der Waals surface area contributed by atoms with E-state index in [0.29, 0.717) is 18.1 Å². The van der Waals surface area contributed by atoms with Gasteiger partial charge in [-0.05, 0) is 55.8 Å². The largest absolute Gasteiger partial charge is 0.377 e. The third-order valence-corrected chi connectivity index (χ3v) is 4.02. The summed E-state index contributed by atoms with van der Waals surface area (Å²) in [5.41, 5.74) is 1.35. The summed E-state index contributed by atoms with van der Waals surface area (Å²) in [5.74, 6) is 0.456. The third-order valence-electron chi connectivity index (χ3n) is 4.02. The second kappa shape index (κ2) is 7.61. The quantitative estimate of drug-likeness (QED) is 0.855. The molecule has 1 fully saturated rings. The van der Waals surface area contributed by atoms with Gasteiger partial charge in [0, 0.05) is 25.0 Å². The zero-order valence-corrected chi connectivity index (χ0v) is 12.1. The molecule has 3 atom stereocenters. The SMILES string of the molecule is CCCNC(C1CCCCO1)C(C)c1ccncc1. The summed E-state index contributed by atoms with van der Waals surface area (Å²) < 4.78 is 6.00. The van der Waals surface area contributed by atoms with Gasteiger partial charge in [0.1, 0.15) is 0 Å². The topological polar surface area (TPSA) is 34.1 Å². The van der Waals surface area contributed by atoms with Gasteiger partial charge in [-0.3, -0.25) is 4.98 Å². The van der Waals surface area contributed by atoms with Gasteiger partial charge in [0.2, 0.25) is 0 Å². The Morgan fingerprint density at radius 2 is 2.16 bits per heavy atom. The summed E-state index contributed by atoms with van der Waals surface area (Å²) in [7, 11) is 0. The van der Waals surface area contributed by atoms with Crippen molar-refractivity contribution in [1.29, 1.82) is 0 Å². The van der Waals surface area contributed by atoms with Crippen LogP contribution < -0.4 is 5.32 Å². The van der Waals surface area contributed by atoms with Gasteiger partial charge in [-0.15, -0.1) is 0 Å². The van der Waals surface area contributed by atoms with Crippen LogP contribution in [-0.4, -0.2) is 30.3 Å². The monoisotopic (exact) mass is 262 g/mol. The van der Waals surface area contributed by atoms with E-state index in [0.717, 1.165) is 19.6 Å². The molecule has 2 rings (SSSR count). The molecule has 2 heterocycles. The highest BCUT2D eigenvalue weighted by molar-refractivity contribution is 5.18. The van der Waals surface area contributed by atoms with Gasteiger partial charge < -0.3 is 10.1 Å². The lowest BCUT2D eigenvalue weighted by Crippen LogP contribution is -2.46. The molecule has 1 aliphatic heterocycles. The van der Waals surface area contributed by atoms with Crippen molar-refractivity contribution in [3.63, 3.8) is 0 Å². The summed E-state index contributed by atoms with van der Waals surface area (Å²) in [4.78, 5) is 4.11. The van der Waals surface area contributed by atoms with E-state index in [1.165, 1.54) is 24.8 Å². The van der Waals surface area contributed by atoms with Crippen LogP contribution in [-0.2, 0) is 4.74 Å². The second-order valence-corrected chi connectivity index (χ2v) is 5.45. The lowest BCUT2D eigenvalue weighted by atomic mass is 9.87. The molecule has 0 saturated carbocycles. The summed E-state index contributed by atoms with van der Waals surface area (Å²) in [5, 5.41) is 3.69. The van der Waals surface area contributed by atoms with Gasteiger partial charge >= 0.3 is 0 Å². The third kappa shape index (κ3) is 4.02. The van der Waals surface area contributed by atoms with Gasteiger partial charge in [-0.2, -0.15) is 0 Å². The summed E-state index contributed by atoms with van der Waals surface area (Å²) in [6.07, 6.45) is 8.94. The Balaban J connectivity index is 2.07. The smallest absolute Gasteiger partial charge is 0.0733 e. The molecule has 3 nitrogen and oxygen atoms in total. The first kappa shape index (κ1) is 14.5. The molecule has 0 amide bonds. The van der Waals surface area contributed by atoms with Gasteiger partial charge in [-0.25, -0.2) is 0 Å². The summed E-state index contributed by atoms with van der Waals surface area (Å²) in [6.45, 7) is 6.47. The Kier molecular flexibility index (Phi) is 5.80. The zero-order chi connectivity index (χ0) is 13.5. The number of ether oxygens (including phenoxy) is 1. The maximum Gasteiger partial charge on any atom is 0.0733 e. The molecule has 0 aliphatic carbocycles. The number of hydrogen-bond acceptors (Lipinski definition) is 3. The number of rotatable bonds is 6. The molecule has 0 radical (unpaired) electrons. The standard InChI is InChI=1S/C16H26N2O/c1-3-9-18-16(15-6-4-5-12-19-15)13(2)14-7-10-17-11-8-14/h7-8,10-11,13,15-16,18H,3-6,9,12H2,1-2H3. The van der Waals surface area contributed by atoms with E-state index in [1.807, 2.05) is 12.4 Å². The fourth-order valence-corrected chi connectivity index (χ4v) is 2.86. The minimum atomic E-state index is 0.350. The van der Waals surface area contributed by atoms with Crippen molar-refractivity contribution in [3.05, 3.63) is 30.1 Å². The number of nitrogens with one attached hydrogen (secondary N) is 1. The Labute approximate surface area is 116 Å². The Hall–Kier alpha value is -0.930. The molecule has 3 heteroatoms. The first-order valence-electron chi connectivity index (χ1n) is 7.58. The Bertz CT molecular complexity index is 349. The van der Waals surface area contributed by atoms with E-state index < -0.39 is 0 Å². The molecular formula is C16H26N2O. The normalized spacial score (nSPS) is 22.9. The van der Waals surface area contributed by atoms with Crippen molar-refractivity contribution in [2.24, 2.45) is 0 Å². The van der Waals surface area contributed by atoms with Crippen molar-refractivity contribution in [2.75, 3.05) is 13.2 Å². The predicted octanol–water partition coefficient (Wildman–Crippen LogP) is 3.12. The van der Waals surface area contributed by atoms with Crippen LogP contribution >= 0.6 is 0 Å². The van der Waals surface area contributed by atoms with E-state index in [9.17, 15) is 0 Å². The highest BCUT2D eigenvalue weighted by Gasteiger charge is 2.29. The van der Waals surface area contributed by atoms with Crippen LogP contribution in [0.3, 0.4) is 0 Å². The first-order valence-corrected chi connectivity index (χ1v) is 7.58. The Morgan fingerprint density at radius 1 is 1.37 bits per heavy atom. The van der Waals surface area contributed by atoms with Crippen molar-refractivity contribution in [1.82, 2.24) is 10.3 Å². The molecule has 1 aromatic heterocycles. The fraction of sp³-hybridized carbons (Fsp3) is 0.688. The molecule has 1 N–H and O–H groups in total. The van der Waals surface area contributed by atoms with E-state index in [2.05, 4.69) is 36.3 Å². The lowest BCUT2D eigenvalue weighted by Gasteiger charge is -2.35. The van der Waals surface area contributed by atoms with Gasteiger partial charge in [0.25, 0.3) is 0 Å². The van der Waals surface area contributed by atoms with Crippen LogP contribution in [0.4, 0.5) is 0 Å². The maximum absolute atomic E-state index is 6.00. The molecule has 1 aliphatic rings. The van der Waals surface area contributed by atoms with Crippen LogP contribution in [0.5, 0.6) is 0 Å². The van der Waals surface area contributed by atoms with Crippen LogP contribution in [0.1, 0.15) is 51.0 Å². The van der Waals surface area contributed by atoms with E-state index >= 15 is 0 Å². The Morgan fingerprint density at radius 3 is 2.79 bits per heavy atom. The minimum Gasteiger partial charge on any atom is -0.377 e. The molecule has 0 spiro atoms. The molecule has 1 saturated heterocycles. The van der Waals surface area contributed by atoms with Crippen molar-refractivity contribution >= 4 is 0 Å². The highest BCUT2D eigenvalue weighted by atomic mass is 16.5. The first-order chi connectivity index (χ1) is 9.33. The van der Waals surface area contributed by atoms with Crippen molar-refractivity contribution in [3.8, 4) is 0 Å². The van der Waals surface area contributed by atoms with E-state index in [-0.39, 0.29) is 0 Å². The summed E-state index contributed by atoms with van der Waals surface area (Å²) >= 11 is 0. The fourth-order valence-electron chi connectivity index (χ4n) is 2.86. The second-order valence-electron chi connectivity index (χ2n) is 5.45. The molecule has 0 bridgehead atoms. The van der Waals surface area contributed by atoms with Crippen LogP contribution in [0.2, 0.25) is 0 Å². The van der Waals surface area contributed by atoms with E-state index in [1.54, 1.807) is 0 Å². The molecule has 1 aromatic rings. The average molecular weight is 262 g/mol. The molecule has 3 unspecified atom stereocenters. The van der Waals surface area contributed by atoms with Crippen molar-refractivity contribution in [2.45, 2.75) is 57.6 Å². The molecular weight excluding hydrogens is 236 g/mol. The van der Waals surface area contributed by atoms with Gasteiger partial charge in [0.15, 0.2) is 0 Å². The summed E-state index contributed by atoms with van der Waals surface area (Å²) in [6, 6.07) is 4.64. The van der Waals surface area contributed by atoms with E-state index in [4.69, 9.17) is 4.74 Å². The highest BCUT2D eigenvalue weighted by Crippen LogP contribution is 2.26. The van der Waals surface area contributed by atoms with Crippen LogP contribution in [0.15, 0.2) is 24.5 Å². The molecule has 0 aromatic carbocycles. The van der Waals surface area contributed by atoms with Crippen LogP contribution in [0, 0.1) is 0 Å². The number of nitrogens with zero attached hydrogens (tertiary/aromatic N) is 1. The zero-order valence-electron chi connectivity index (χ0n) is 12.1. The average Bonchev–Trinajstić information content (AvgIpc) is 2.49. The van der Waals surface area contributed by atoms with Gasteiger partial charge in [-0.1, -0.05) is 13.8 Å². The van der Waals surface area contributed by atoms with Crippen molar-refractivity contribution < 1.29 is 4.74 Å². The lowest BCUT2D eigenvalue weighted by molar-refractivity contribution is -0.0123. The van der Waals surface area contributed by atoms with Gasteiger partial charge in [0.05, 0.1) is 6.10 Å². The number of aromatic nitrogens is 1.